The fourth-order valence-corrected chi connectivity index (χ4v) is 3.83. The van der Waals surface area contributed by atoms with Crippen molar-refractivity contribution in [2.24, 2.45) is 0 Å². The van der Waals surface area contributed by atoms with Crippen LogP contribution in [0.15, 0.2) is 40.1 Å². The van der Waals surface area contributed by atoms with Gasteiger partial charge < -0.3 is 15.1 Å². The Hall–Kier alpha value is -2.93. The number of thiazole rings is 1. The molecule has 0 radical (unpaired) electrons. The number of rotatable bonds is 4. The molecule has 0 saturated heterocycles. The van der Waals surface area contributed by atoms with Gasteiger partial charge in [0.25, 0.3) is 5.91 Å². The van der Waals surface area contributed by atoms with Gasteiger partial charge in [0.1, 0.15) is 11.5 Å². The van der Waals surface area contributed by atoms with Gasteiger partial charge >= 0.3 is 0 Å². The Kier molecular flexibility index (Phi) is 4.53. The third-order valence-corrected chi connectivity index (χ3v) is 5.42. The van der Waals surface area contributed by atoms with Gasteiger partial charge in [-0.25, -0.2) is 4.98 Å². The van der Waals surface area contributed by atoms with Crippen molar-refractivity contribution in [3.63, 3.8) is 0 Å². The van der Waals surface area contributed by atoms with Gasteiger partial charge in [0.15, 0.2) is 10.8 Å². The molecule has 0 bridgehead atoms. The number of aryl methyl sites for hydroxylation is 2. The molecule has 1 unspecified atom stereocenters. The number of benzene rings is 1. The fourth-order valence-electron chi connectivity index (χ4n) is 3.07. The van der Waals surface area contributed by atoms with Crippen LogP contribution >= 0.6 is 11.3 Å². The van der Waals surface area contributed by atoms with E-state index in [-0.39, 0.29) is 17.9 Å². The molecule has 1 aromatic carbocycles. The summed E-state index contributed by atoms with van der Waals surface area (Å²) in [6.07, 6.45) is 1.21. The molecule has 1 aliphatic rings. The van der Waals surface area contributed by atoms with Crippen LogP contribution in [0.4, 0.5) is 5.69 Å². The maximum Gasteiger partial charge on any atom is 0.271 e. The van der Waals surface area contributed by atoms with E-state index in [0.717, 1.165) is 22.6 Å². The first-order chi connectivity index (χ1) is 13.0. The molecular weight excluding hydrogens is 362 g/mol. The molecule has 27 heavy (non-hydrogen) atoms. The summed E-state index contributed by atoms with van der Waals surface area (Å²) in [6, 6.07) is 9.41. The second-order valence-electron chi connectivity index (χ2n) is 6.61. The highest BCUT2D eigenvalue weighted by Gasteiger charge is 2.19. The highest BCUT2D eigenvalue weighted by atomic mass is 32.1. The second-order valence-corrected chi connectivity index (χ2v) is 7.47. The summed E-state index contributed by atoms with van der Waals surface area (Å²) in [4.78, 5) is 28.4. The second kappa shape index (κ2) is 7.00. The number of amides is 2. The Labute approximate surface area is 160 Å². The van der Waals surface area contributed by atoms with Gasteiger partial charge in [0.05, 0.1) is 6.04 Å². The van der Waals surface area contributed by atoms with Crippen LogP contribution in [0.1, 0.15) is 46.8 Å². The minimum Gasteiger partial charge on any atom is -0.459 e. The molecule has 1 atom stereocenters. The molecule has 138 valence electrons. The molecule has 1 aliphatic heterocycles. The first-order valence-corrected chi connectivity index (χ1v) is 9.63. The molecule has 2 aromatic heterocycles. The van der Waals surface area contributed by atoms with E-state index >= 15 is 0 Å². The van der Waals surface area contributed by atoms with Gasteiger partial charge in [-0.2, -0.15) is 0 Å². The smallest absolute Gasteiger partial charge is 0.271 e. The maximum absolute atomic E-state index is 12.6. The van der Waals surface area contributed by atoms with E-state index < -0.39 is 0 Å². The van der Waals surface area contributed by atoms with Crippen molar-refractivity contribution in [2.45, 2.75) is 32.7 Å². The highest BCUT2D eigenvalue weighted by Crippen LogP contribution is 2.27. The number of carbonyl (C=O) groups excluding carboxylic acids is 2. The summed E-state index contributed by atoms with van der Waals surface area (Å²) in [7, 11) is 0. The number of nitrogens with one attached hydrogen (secondary N) is 2. The summed E-state index contributed by atoms with van der Waals surface area (Å²) >= 11 is 1.38. The molecule has 0 saturated carbocycles. The summed E-state index contributed by atoms with van der Waals surface area (Å²) < 4.78 is 5.56. The van der Waals surface area contributed by atoms with E-state index in [1.165, 1.54) is 11.3 Å². The average Bonchev–Trinajstić information content (AvgIpc) is 3.30. The Bertz CT molecular complexity index is 1020. The van der Waals surface area contributed by atoms with Crippen LogP contribution in [0.25, 0.3) is 10.8 Å². The number of carbonyl (C=O) groups is 2. The zero-order valence-electron chi connectivity index (χ0n) is 15.0. The number of nitrogens with zero attached hydrogens (tertiary/aromatic N) is 1. The first kappa shape index (κ1) is 17.5. The number of anilines is 1. The third kappa shape index (κ3) is 3.64. The molecule has 6 nitrogen and oxygen atoms in total. The highest BCUT2D eigenvalue weighted by molar-refractivity contribution is 7.13. The summed E-state index contributed by atoms with van der Waals surface area (Å²) in [6.45, 7) is 3.81. The van der Waals surface area contributed by atoms with Crippen LogP contribution in [0.5, 0.6) is 0 Å². The third-order valence-electron chi connectivity index (χ3n) is 4.56. The van der Waals surface area contributed by atoms with E-state index in [1.54, 1.807) is 5.38 Å². The molecule has 4 rings (SSSR count). The maximum atomic E-state index is 12.6. The minimum absolute atomic E-state index is 0.0442. The van der Waals surface area contributed by atoms with Crippen molar-refractivity contribution in [3.05, 3.63) is 58.3 Å². The van der Waals surface area contributed by atoms with Crippen molar-refractivity contribution >= 4 is 28.8 Å². The summed E-state index contributed by atoms with van der Waals surface area (Å²) in [5, 5.41) is 8.27. The molecule has 0 fully saturated rings. The first-order valence-electron chi connectivity index (χ1n) is 8.75. The zero-order valence-corrected chi connectivity index (χ0v) is 15.9. The Morgan fingerprint density at radius 2 is 2.15 bits per heavy atom. The quantitative estimate of drug-likeness (QED) is 0.713. The standard InChI is InChI=1S/C20H19N3O3S/c1-11-3-7-17(26-11)20-23-16(10-27-20)19(25)21-12(2)13-4-6-15-14(9-13)5-8-18(24)22-15/h3-4,6-7,9-10,12H,5,8H2,1-2H3,(H,21,25)(H,22,24). The van der Waals surface area contributed by atoms with Crippen LogP contribution in [0, 0.1) is 6.92 Å². The molecule has 7 heteroatoms. The van der Waals surface area contributed by atoms with Gasteiger partial charge in [-0.15, -0.1) is 11.3 Å². The number of hydrogen-bond donors (Lipinski definition) is 2. The Morgan fingerprint density at radius 1 is 1.30 bits per heavy atom. The van der Waals surface area contributed by atoms with Crippen molar-refractivity contribution in [3.8, 4) is 10.8 Å². The average molecular weight is 381 g/mol. The Balaban J connectivity index is 1.47. The molecule has 3 aromatic rings. The Morgan fingerprint density at radius 3 is 2.93 bits per heavy atom. The van der Waals surface area contributed by atoms with Gasteiger partial charge in [-0.1, -0.05) is 12.1 Å². The lowest BCUT2D eigenvalue weighted by atomic mass is 9.98. The molecule has 0 aliphatic carbocycles. The molecule has 0 spiro atoms. The van der Waals surface area contributed by atoms with Crippen LogP contribution in [0.3, 0.4) is 0 Å². The van der Waals surface area contributed by atoms with Crippen molar-refractivity contribution in [2.75, 3.05) is 5.32 Å². The predicted molar refractivity (Wildman–Crippen MR) is 104 cm³/mol. The van der Waals surface area contributed by atoms with Crippen molar-refractivity contribution in [1.82, 2.24) is 10.3 Å². The van der Waals surface area contributed by atoms with Crippen molar-refractivity contribution in [1.29, 1.82) is 0 Å². The lowest BCUT2D eigenvalue weighted by molar-refractivity contribution is -0.116. The summed E-state index contributed by atoms with van der Waals surface area (Å²) in [5.74, 6) is 1.30. The monoisotopic (exact) mass is 381 g/mol. The lowest BCUT2D eigenvalue weighted by Gasteiger charge is -2.20. The number of fused-ring (bicyclic) bond motifs is 1. The molecule has 3 heterocycles. The topological polar surface area (TPSA) is 84.2 Å². The number of aromatic nitrogens is 1. The van der Waals surface area contributed by atoms with Crippen LogP contribution in [-0.2, 0) is 11.2 Å². The van der Waals surface area contributed by atoms with E-state index in [1.807, 2.05) is 44.2 Å². The number of hydrogen-bond acceptors (Lipinski definition) is 5. The fraction of sp³-hybridized carbons (Fsp3) is 0.250. The largest absolute Gasteiger partial charge is 0.459 e. The number of furan rings is 1. The van der Waals surface area contributed by atoms with Gasteiger partial charge in [-0.05, 0) is 49.6 Å². The van der Waals surface area contributed by atoms with E-state index in [2.05, 4.69) is 15.6 Å². The minimum atomic E-state index is -0.223. The van der Waals surface area contributed by atoms with E-state index in [0.29, 0.717) is 29.3 Å². The lowest BCUT2D eigenvalue weighted by Crippen LogP contribution is -2.27. The van der Waals surface area contributed by atoms with Gasteiger partial charge in [0.2, 0.25) is 5.91 Å². The zero-order chi connectivity index (χ0) is 19.0. The van der Waals surface area contributed by atoms with Gasteiger partial charge in [0, 0.05) is 17.5 Å². The van der Waals surface area contributed by atoms with Crippen molar-refractivity contribution < 1.29 is 14.0 Å². The van der Waals surface area contributed by atoms with Crippen LogP contribution < -0.4 is 10.6 Å². The van der Waals surface area contributed by atoms with Crippen LogP contribution in [0.2, 0.25) is 0 Å². The summed E-state index contributed by atoms with van der Waals surface area (Å²) in [5.41, 5.74) is 3.32. The normalized spacial score (nSPS) is 14.4. The van der Waals surface area contributed by atoms with Gasteiger partial charge in [-0.3, -0.25) is 9.59 Å². The predicted octanol–water partition coefficient (Wildman–Crippen LogP) is 4.09. The molecule has 2 amide bonds. The molecular formula is C20H19N3O3S. The SMILES string of the molecule is Cc1ccc(-c2nc(C(=O)NC(C)c3ccc4c(c3)CCC(=O)N4)cs2)o1. The van der Waals surface area contributed by atoms with Crippen LogP contribution in [-0.4, -0.2) is 16.8 Å². The molecule has 2 N–H and O–H groups in total. The van der Waals surface area contributed by atoms with E-state index in [9.17, 15) is 9.59 Å². The van der Waals surface area contributed by atoms with E-state index in [4.69, 9.17) is 4.42 Å².